The second-order valence-corrected chi connectivity index (χ2v) is 4.22. The molecule has 13 heavy (non-hydrogen) atoms. The molecular formula is C6H3AgCl2O3S. The smallest absolute Gasteiger partial charge is 0.744 e. The van der Waals surface area contributed by atoms with E-state index in [-0.39, 0.29) is 32.4 Å². The second-order valence-electron chi connectivity index (χ2n) is 2.03. The van der Waals surface area contributed by atoms with Crippen molar-refractivity contribution in [2.45, 2.75) is 4.90 Å². The third-order valence-corrected chi connectivity index (χ3v) is 2.72. The maximum atomic E-state index is 10.5. The van der Waals surface area contributed by atoms with Gasteiger partial charge in [0.05, 0.1) is 9.92 Å². The summed E-state index contributed by atoms with van der Waals surface area (Å²) >= 11 is 10.9. The predicted molar refractivity (Wildman–Crippen MR) is 44.4 cm³/mol. The van der Waals surface area contributed by atoms with Crippen molar-refractivity contribution in [3.05, 3.63) is 28.2 Å². The summed E-state index contributed by atoms with van der Waals surface area (Å²) in [7, 11) is -4.49. The zero-order chi connectivity index (χ0) is 9.35. The monoisotopic (exact) mass is 332 g/mol. The Morgan fingerprint density at radius 2 is 1.77 bits per heavy atom. The minimum absolute atomic E-state index is 0. The SMILES string of the molecule is O=S(=O)([O-])c1ccc(Cl)cc1Cl.[Ag+]. The Kier molecular flexibility index (Phi) is 4.96. The van der Waals surface area contributed by atoms with Gasteiger partial charge in [0.2, 0.25) is 0 Å². The van der Waals surface area contributed by atoms with Crippen LogP contribution in [0.25, 0.3) is 0 Å². The van der Waals surface area contributed by atoms with Gasteiger partial charge in [-0.15, -0.1) is 0 Å². The maximum Gasteiger partial charge on any atom is 1.00 e. The van der Waals surface area contributed by atoms with E-state index >= 15 is 0 Å². The summed E-state index contributed by atoms with van der Waals surface area (Å²) in [5, 5.41) is 0.130. The summed E-state index contributed by atoms with van der Waals surface area (Å²) < 4.78 is 31.4. The van der Waals surface area contributed by atoms with Crippen molar-refractivity contribution >= 4 is 33.3 Å². The van der Waals surface area contributed by atoms with E-state index < -0.39 is 15.0 Å². The van der Waals surface area contributed by atoms with E-state index in [1.807, 2.05) is 0 Å². The van der Waals surface area contributed by atoms with Crippen LogP contribution in [0.2, 0.25) is 10.0 Å². The van der Waals surface area contributed by atoms with Crippen molar-refractivity contribution < 1.29 is 35.4 Å². The topological polar surface area (TPSA) is 57.2 Å². The van der Waals surface area contributed by atoms with Crippen molar-refractivity contribution in [2.24, 2.45) is 0 Å². The van der Waals surface area contributed by atoms with Crippen LogP contribution in [0.4, 0.5) is 0 Å². The molecule has 1 aromatic carbocycles. The van der Waals surface area contributed by atoms with Crippen LogP contribution in [0.15, 0.2) is 23.1 Å². The second kappa shape index (κ2) is 4.80. The van der Waals surface area contributed by atoms with Gasteiger partial charge in [0.1, 0.15) is 10.1 Å². The van der Waals surface area contributed by atoms with Crippen LogP contribution in [0, 0.1) is 0 Å². The molecule has 1 rings (SSSR count). The fourth-order valence-corrected chi connectivity index (χ4v) is 1.90. The summed E-state index contributed by atoms with van der Waals surface area (Å²) in [6, 6.07) is 3.57. The molecular weight excluding hydrogens is 331 g/mol. The van der Waals surface area contributed by atoms with Crippen LogP contribution in [-0.2, 0) is 32.5 Å². The maximum absolute atomic E-state index is 10.5. The molecule has 0 heterocycles. The van der Waals surface area contributed by atoms with E-state index in [0.29, 0.717) is 0 Å². The van der Waals surface area contributed by atoms with E-state index in [9.17, 15) is 13.0 Å². The summed E-state index contributed by atoms with van der Waals surface area (Å²) in [5.41, 5.74) is 0. The molecule has 0 amide bonds. The number of benzene rings is 1. The van der Waals surface area contributed by atoms with Crippen molar-refractivity contribution in [1.82, 2.24) is 0 Å². The quantitative estimate of drug-likeness (QED) is 0.582. The van der Waals surface area contributed by atoms with Crippen LogP contribution in [0.3, 0.4) is 0 Å². The van der Waals surface area contributed by atoms with E-state index in [2.05, 4.69) is 0 Å². The van der Waals surface area contributed by atoms with Crippen molar-refractivity contribution in [3.63, 3.8) is 0 Å². The van der Waals surface area contributed by atoms with E-state index in [1.165, 1.54) is 12.1 Å². The molecule has 0 aliphatic heterocycles. The minimum Gasteiger partial charge on any atom is -0.744 e. The van der Waals surface area contributed by atoms with Crippen LogP contribution < -0.4 is 0 Å². The molecule has 0 aliphatic carbocycles. The van der Waals surface area contributed by atoms with Crippen LogP contribution in [0.1, 0.15) is 0 Å². The Labute approximate surface area is 101 Å². The Hall–Kier alpha value is 0.450. The van der Waals surface area contributed by atoms with Gasteiger partial charge in [-0.05, 0) is 18.2 Å². The minimum atomic E-state index is -4.49. The van der Waals surface area contributed by atoms with Crippen LogP contribution >= 0.6 is 23.2 Å². The average molecular weight is 334 g/mol. The largest absolute Gasteiger partial charge is 1.00 e. The number of halogens is 2. The molecule has 7 heteroatoms. The molecule has 3 nitrogen and oxygen atoms in total. The molecule has 0 bridgehead atoms. The van der Waals surface area contributed by atoms with Gasteiger partial charge < -0.3 is 4.55 Å². The molecule has 0 saturated heterocycles. The molecule has 0 N–H and O–H groups in total. The van der Waals surface area contributed by atoms with Crippen molar-refractivity contribution in [3.8, 4) is 0 Å². The van der Waals surface area contributed by atoms with Gasteiger partial charge in [0.25, 0.3) is 0 Å². The summed E-state index contributed by atoms with van der Waals surface area (Å²) in [5.74, 6) is 0. The molecule has 76 valence electrons. The first-order valence-corrected chi connectivity index (χ1v) is 4.98. The van der Waals surface area contributed by atoms with Gasteiger partial charge in [0.15, 0.2) is 0 Å². The Morgan fingerprint density at radius 3 is 2.15 bits per heavy atom. The standard InChI is InChI=1S/C6H4Cl2O3S.Ag/c7-4-1-2-6(5(8)3-4)12(9,10)11;/h1-3H,(H,9,10,11);/q;+1/p-1. The van der Waals surface area contributed by atoms with Gasteiger partial charge >= 0.3 is 22.4 Å². The van der Waals surface area contributed by atoms with Gasteiger partial charge in [-0.1, -0.05) is 23.2 Å². The Balaban J connectivity index is 0.00000144. The summed E-state index contributed by atoms with van der Waals surface area (Å²) in [4.78, 5) is -0.450. The van der Waals surface area contributed by atoms with Gasteiger partial charge in [-0.2, -0.15) is 0 Å². The first kappa shape index (κ1) is 13.5. The number of hydrogen-bond acceptors (Lipinski definition) is 3. The Morgan fingerprint density at radius 1 is 1.23 bits per heavy atom. The fraction of sp³-hybridized carbons (Fsp3) is 0. The fourth-order valence-electron chi connectivity index (χ4n) is 0.678. The third-order valence-electron chi connectivity index (χ3n) is 1.16. The van der Waals surface area contributed by atoms with E-state index in [0.717, 1.165) is 6.07 Å². The molecule has 0 aromatic heterocycles. The number of rotatable bonds is 1. The molecule has 0 aliphatic rings. The molecule has 0 fully saturated rings. The molecule has 0 saturated carbocycles. The van der Waals surface area contributed by atoms with Gasteiger partial charge in [-0.25, -0.2) is 8.42 Å². The van der Waals surface area contributed by atoms with Crippen molar-refractivity contribution in [1.29, 1.82) is 0 Å². The molecule has 0 spiro atoms. The van der Waals surface area contributed by atoms with Gasteiger partial charge in [-0.3, -0.25) is 0 Å². The van der Waals surface area contributed by atoms with E-state index in [1.54, 1.807) is 0 Å². The number of hydrogen-bond donors (Lipinski definition) is 0. The zero-order valence-electron chi connectivity index (χ0n) is 5.92. The average Bonchev–Trinajstić information content (AvgIpc) is 1.83. The first-order valence-electron chi connectivity index (χ1n) is 2.82. The normalized spacial score (nSPS) is 10.7. The molecule has 0 atom stereocenters. The van der Waals surface area contributed by atoms with Crippen LogP contribution in [-0.4, -0.2) is 13.0 Å². The van der Waals surface area contributed by atoms with Crippen molar-refractivity contribution in [2.75, 3.05) is 0 Å². The summed E-state index contributed by atoms with van der Waals surface area (Å²) in [6.07, 6.45) is 0. The van der Waals surface area contributed by atoms with Gasteiger partial charge in [0, 0.05) is 5.02 Å². The first-order chi connectivity index (χ1) is 5.41. The molecule has 1 aromatic rings. The summed E-state index contributed by atoms with van der Waals surface area (Å²) in [6.45, 7) is 0. The van der Waals surface area contributed by atoms with E-state index in [4.69, 9.17) is 23.2 Å². The predicted octanol–water partition coefficient (Wildman–Crippen LogP) is 1.90. The van der Waals surface area contributed by atoms with Crippen LogP contribution in [0.5, 0.6) is 0 Å². The zero-order valence-corrected chi connectivity index (χ0v) is 9.73. The Bertz CT molecular complexity index is 404. The molecule has 0 unspecified atom stereocenters. The molecule has 0 radical (unpaired) electrons. The third kappa shape index (κ3) is 3.59.